The molecule has 2 aromatic heterocycles. The first-order chi connectivity index (χ1) is 12.4. The van der Waals surface area contributed by atoms with Crippen LogP contribution >= 0.6 is 35.0 Å². The fraction of sp³-hybridized carbons (Fsp3) is 0.250. The molecule has 0 aliphatic rings. The van der Waals surface area contributed by atoms with Crippen LogP contribution in [0.1, 0.15) is 36.6 Å². The van der Waals surface area contributed by atoms with Crippen LogP contribution in [-0.4, -0.2) is 14.7 Å². The molecule has 0 fully saturated rings. The Hall–Kier alpha value is -1.46. The van der Waals surface area contributed by atoms with Crippen LogP contribution in [0.25, 0.3) is 5.69 Å². The quantitative estimate of drug-likeness (QED) is 0.543. The van der Waals surface area contributed by atoms with Gasteiger partial charge in [-0.1, -0.05) is 48.8 Å². The highest BCUT2D eigenvalue weighted by atomic mass is 35.5. The average molecular weight is 407 g/mol. The normalized spacial score (nSPS) is 11.3. The van der Waals surface area contributed by atoms with Crippen LogP contribution in [0.2, 0.25) is 10.0 Å². The van der Waals surface area contributed by atoms with Gasteiger partial charge in [-0.15, -0.1) is 0 Å². The van der Waals surface area contributed by atoms with E-state index in [0.29, 0.717) is 10.0 Å². The third kappa shape index (κ3) is 3.79. The summed E-state index contributed by atoms with van der Waals surface area (Å²) >= 11 is 14.0. The lowest BCUT2D eigenvalue weighted by molar-refractivity contribution is 0.279. The summed E-state index contributed by atoms with van der Waals surface area (Å²) in [5.74, 6) is 0.260. The Bertz CT molecular complexity index is 903. The van der Waals surface area contributed by atoms with Crippen LogP contribution in [0, 0.1) is 6.92 Å². The van der Waals surface area contributed by atoms with Gasteiger partial charge in [0.2, 0.25) is 0 Å². The summed E-state index contributed by atoms with van der Waals surface area (Å²) in [4.78, 5) is 5.08. The minimum absolute atomic E-state index is 0.00128. The van der Waals surface area contributed by atoms with Gasteiger partial charge in [0.15, 0.2) is 0 Å². The van der Waals surface area contributed by atoms with Gasteiger partial charge >= 0.3 is 0 Å². The molecule has 1 N–H and O–H groups in total. The maximum absolute atomic E-state index is 10.0. The van der Waals surface area contributed by atoms with Crippen LogP contribution in [0.15, 0.2) is 52.6 Å². The summed E-state index contributed by atoms with van der Waals surface area (Å²) in [6.45, 7) is 6.31. The van der Waals surface area contributed by atoms with E-state index >= 15 is 0 Å². The first-order valence-electron chi connectivity index (χ1n) is 8.31. The maximum Gasteiger partial charge on any atom is 0.0883 e. The third-order valence-corrected chi connectivity index (χ3v) is 5.74. The Morgan fingerprint density at radius 3 is 2.27 bits per heavy atom. The number of hydrogen-bond acceptors (Lipinski definition) is 3. The summed E-state index contributed by atoms with van der Waals surface area (Å²) in [7, 11) is 0. The minimum atomic E-state index is 0.00128. The van der Waals surface area contributed by atoms with E-state index in [-0.39, 0.29) is 12.5 Å². The van der Waals surface area contributed by atoms with Crippen LogP contribution in [-0.2, 0) is 6.61 Å². The number of pyridine rings is 1. The summed E-state index contributed by atoms with van der Waals surface area (Å²) in [6.07, 6.45) is 3.54. The smallest absolute Gasteiger partial charge is 0.0883 e. The van der Waals surface area contributed by atoms with Gasteiger partial charge in [0, 0.05) is 44.3 Å². The predicted molar refractivity (Wildman–Crippen MR) is 109 cm³/mol. The van der Waals surface area contributed by atoms with Gasteiger partial charge in [-0.3, -0.25) is 4.98 Å². The van der Waals surface area contributed by atoms with Gasteiger partial charge in [0.1, 0.15) is 0 Å². The molecule has 6 heteroatoms. The van der Waals surface area contributed by atoms with Crippen molar-refractivity contribution in [3.63, 3.8) is 0 Å². The van der Waals surface area contributed by atoms with E-state index in [4.69, 9.17) is 23.2 Å². The Morgan fingerprint density at radius 2 is 1.73 bits per heavy atom. The van der Waals surface area contributed by atoms with Crippen LogP contribution in [0.5, 0.6) is 0 Å². The molecule has 0 saturated carbocycles. The molecule has 0 unspecified atom stereocenters. The first-order valence-corrected chi connectivity index (χ1v) is 9.89. The number of aliphatic hydroxyl groups excluding tert-OH is 1. The minimum Gasteiger partial charge on any atom is -0.392 e. The van der Waals surface area contributed by atoms with Crippen molar-refractivity contribution in [1.29, 1.82) is 0 Å². The number of nitrogens with zero attached hydrogens (tertiary/aromatic N) is 2. The molecule has 0 saturated heterocycles. The third-order valence-electron chi connectivity index (χ3n) is 4.24. The van der Waals surface area contributed by atoms with E-state index in [2.05, 4.69) is 23.4 Å². The van der Waals surface area contributed by atoms with E-state index in [0.717, 1.165) is 32.4 Å². The topological polar surface area (TPSA) is 38.0 Å². The highest BCUT2D eigenvalue weighted by Gasteiger charge is 2.23. The van der Waals surface area contributed by atoms with Gasteiger partial charge in [0.25, 0.3) is 0 Å². The largest absolute Gasteiger partial charge is 0.392 e. The Labute approximate surface area is 168 Å². The standard InChI is InChI=1S/C20H20Cl2N2OS/c1-12(2)19-18(11-25)13(3)24(16-4-6-23-7-5-16)20(19)26-17-9-14(21)8-15(22)10-17/h4-10,12,25H,11H2,1-3H3. The zero-order valence-corrected chi connectivity index (χ0v) is 17.2. The molecule has 0 bridgehead atoms. The molecular weight excluding hydrogens is 387 g/mol. The Morgan fingerprint density at radius 1 is 1.12 bits per heavy atom. The van der Waals surface area contributed by atoms with Crippen molar-refractivity contribution in [2.45, 2.75) is 43.2 Å². The molecule has 3 rings (SSSR count). The highest BCUT2D eigenvalue weighted by Crippen LogP contribution is 2.42. The molecule has 136 valence electrons. The Balaban J connectivity index is 2.24. The zero-order chi connectivity index (χ0) is 18.8. The lowest BCUT2D eigenvalue weighted by atomic mass is 10.0. The van der Waals surface area contributed by atoms with Crippen LogP contribution in [0.4, 0.5) is 0 Å². The molecule has 0 aliphatic heterocycles. The molecule has 1 aromatic carbocycles. The van der Waals surface area contributed by atoms with Crippen molar-refractivity contribution in [3.8, 4) is 5.69 Å². The number of hydrogen-bond donors (Lipinski definition) is 1. The van der Waals surface area contributed by atoms with Gasteiger partial charge in [-0.25, -0.2) is 0 Å². The lowest BCUT2D eigenvalue weighted by Crippen LogP contribution is -2.00. The SMILES string of the molecule is Cc1c(CO)c(C(C)C)c(Sc2cc(Cl)cc(Cl)c2)n1-c1ccncc1. The fourth-order valence-electron chi connectivity index (χ4n) is 3.13. The van der Waals surface area contributed by atoms with Crippen molar-refractivity contribution in [3.05, 3.63) is 69.6 Å². The number of halogens is 2. The zero-order valence-electron chi connectivity index (χ0n) is 14.8. The predicted octanol–water partition coefficient (Wildman–Crippen LogP) is 6.25. The molecule has 0 amide bonds. The maximum atomic E-state index is 10.0. The van der Waals surface area contributed by atoms with Gasteiger partial charge in [-0.05, 0) is 48.7 Å². The second kappa shape index (κ2) is 8.05. The molecule has 0 aliphatic carbocycles. The van der Waals surface area contributed by atoms with Crippen molar-refractivity contribution in [1.82, 2.24) is 9.55 Å². The highest BCUT2D eigenvalue weighted by molar-refractivity contribution is 7.99. The van der Waals surface area contributed by atoms with E-state index in [1.165, 1.54) is 0 Å². The van der Waals surface area contributed by atoms with Gasteiger partial charge < -0.3 is 9.67 Å². The number of aliphatic hydroxyl groups is 1. The molecule has 3 nitrogen and oxygen atoms in total. The van der Waals surface area contributed by atoms with Crippen LogP contribution in [0.3, 0.4) is 0 Å². The molecule has 0 spiro atoms. The lowest BCUT2D eigenvalue weighted by Gasteiger charge is -2.14. The molecule has 2 heterocycles. The van der Waals surface area contributed by atoms with Crippen molar-refractivity contribution in [2.75, 3.05) is 0 Å². The van der Waals surface area contributed by atoms with E-state index in [9.17, 15) is 5.11 Å². The molecule has 0 atom stereocenters. The Kier molecular flexibility index (Phi) is 5.98. The molecule has 26 heavy (non-hydrogen) atoms. The second-order valence-electron chi connectivity index (χ2n) is 6.34. The number of rotatable bonds is 5. The first kappa shape index (κ1) is 19.3. The second-order valence-corrected chi connectivity index (χ2v) is 8.28. The molecule has 3 aromatic rings. The summed E-state index contributed by atoms with van der Waals surface area (Å²) in [6, 6.07) is 9.46. The van der Waals surface area contributed by atoms with Crippen molar-refractivity contribution in [2.24, 2.45) is 0 Å². The number of benzene rings is 1. The van der Waals surface area contributed by atoms with E-state index < -0.39 is 0 Å². The number of aromatic nitrogens is 2. The average Bonchev–Trinajstić information content (AvgIpc) is 2.86. The molecular formula is C20H20Cl2N2OS. The fourth-order valence-corrected chi connectivity index (χ4v) is 5.18. The van der Waals surface area contributed by atoms with Crippen molar-refractivity contribution < 1.29 is 5.11 Å². The monoisotopic (exact) mass is 406 g/mol. The van der Waals surface area contributed by atoms with Gasteiger partial charge in [-0.2, -0.15) is 0 Å². The van der Waals surface area contributed by atoms with Crippen molar-refractivity contribution >= 4 is 35.0 Å². The summed E-state index contributed by atoms with van der Waals surface area (Å²) in [5.41, 5.74) is 4.14. The van der Waals surface area contributed by atoms with Gasteiger partial charge in [0.05, 0.1) is 11.6 Å². The van der Waals surface area contributed by atoms with E-state index in [1.807, 2.05) is 31.2 Å². The summed E-state index contributed by atoms with van der Waals surface area (Å²) < 4.78 is 2.17. The summed E-state index contributed by atoms with van der Waals surface area (Å²) in [5, 5.41) is 12.3. The molecule has 0 radical (unpaired) electrons. The van der Waals surface area contributed by atoms with E-state index in [1.54, 1.807) is 30.2 Å². The van der Waals surface area contributed by atoms with Crippen LogP contribution < -0.4 is 0 Å².